The number of nitrogens with one attached hydrogen (secondary N) is 2. The molecule has 1 aromatic carbocycles. The van der Waals surface area contributed by atoms with Crippen LogP contribution in [0.2, 0.25) is 0 Å². The number of carbonyl (C=O) groups is 1. The van der Waals surface area contributed by atoms with Crippen LogP contribution >= 0.6 is 0 Å². The Morgan fingerprint density at radius 3 is 2.75 bits per heavy atom. The molecule has 4 N–H and O–H groups in total. The van der Waals surface area contributed by atoms with Crippen molar-refractivity contribution in [2.45, 2.75) is 26.8 Å². The quantitative estimate of drug-likeness (QED) is 0.675. The van der Waals surface area contributed by atoms with Gasteiger partial charge in [-0.2, -0.15) is 0 Å². The molecule has 0 atom stereocenters. The second-order valence-corrected chi connectivity index (χ2v) is 4.10. The normalized spacial score (nSPS) is 10.2. The summed E-state index contributed by atoms with van der Waals surface area (Å²) >= 11 is 0. The van der Waals surface area contributed by atoms with E-state index in [1.807, 2.05) is 39.0 Å². The van der Waals surface area contributed by atoms with E-state index in [1.165, 1.54) is 0 Å². The van der Waals surface area contributed by atoms with E-state index < -0.39 is 0 Å². The van der Waals surface area contributed by atoms with Gasteiger partial charge in [0, 0.05) is 17.4 Å². The zero-order chi connectivity index (χ0) is 12.1. The summed E-state index contributed by atoms with van der Waals surface area (Å²) in [7, 11) is 0. The second kappa shape index (κ2) is 5.39. The van der Waals surface area contributed by atoms with Crippen LogP contribution in [-0.2, 0) is 4.79 Å². The predicted octanol–water partition coefficient (Wildman–Crippen LogP) is 1.51. The summed E-state index contributed by atoms with van der Waals surface area (Å²) in [6, 6.07) is 5.78. The molecule has 1 aromatic rings. The van der Waals surface area contributed by atoms with Crippen LogP contribution in [0.4, 0.5) is 11.4 Å². The molecule has 0 spiro atoms. The molecule has 0 saturated carbocycles. The van der Waals surface area contributed by atoms with Crippen molar-refractivity contribution >= 4 is 17.3 Å². The van der Waals surface area contributed by atoms with Gasteiger partial charge in [0.1, 0.15) is 0 Å². The van der Waals surface area contributed by atoms with Crippen molar-refractivity contribution in [1.29, 1.82) is 0 Å². The largest absolute Gasteiger partial charge is 0.398 e. The molecule has 4 nitrogen and oxygen atoms in total. The van der Waals surface area contributed by atoms with E-state index in [9.17, 15) is 4.79 Å². The smallest absolute Gasteiger partial charge is 0.239 e. The molecule has 0 aromatic heterocycles. The first-order chi connectivity index (χ1) is 7.50. The Hall–Kier alpha value is -1.71. The minimum Gasteiger partial charge on any atom is -0.398 e. The molecule has 0 fully saturated rings. The summed E-state index contributed by atoms with van der Waals surface area (Å²) < 4.78 is 0. The van der Waals surface area contributed by atoms with E-state index in [-0.39, 0.29) is 18.5 Å². The van der Waals surface area contributed by atoms with Crippen LogP contribution in [0.1, 0.15) is 19.4 Å². The molecule has 88 valence electrons. The van der Waals surface area contributed by atoms with E-state index in [4.69, 9.17) is 5.73 Å². The number of carbonyl (C=O) groups excluding carboxylic acids is 1. The highest BCUT2D eigenvalue weighted by Crippen LogP contribution is 2.19. The number of hydrogen-bond donors (Lipinski definition) is 3. The van der Waals surface area contributed by atoms with Crippen molar-refractivity contribution in [3.8, 4) is 0 Å². The van der Waals surface area contributed by atoms with Crippen molar-refractivity contribution in [3.63, 3.8) is 0 Å². The molecule has 0 saturated heterocycles. The van der Waals surface area contributed by atoms with Crippen LogP contribution in [-0.4, -0.2) is 18.5 Å². The van der Waals surface area contributed by atoms with Gasteiger partial charge in [-0.25, -0.2) is 0 Å². The number of amides is 1. The topological polar surface area (TPSA) is 67.1 Å². The third kappa shape index (κ3) is 3.46. The molecule has 0 unspecified atom stereocenters. The Balaban J connectivity index is 2.55. The Labute approximate surface area is 96.2 Å². The van der Waals surface area contributed by atoms with Gasteiger partial charge in [-0.05, 0) is 38.5 Å². The maximum atomic E-state index is 11.4. The third-order valence-corrected chi connectivity index (χ3v) is 2.26. The van der Waals surface area contributed by atoms with E-state index in [1.54, 1.807) is 0 Å². The lowest BCUT2D eigenvalue weighted by Gasteiger charge is -2.12. The fraction of sp³-hybridized carbons (Fsp3) is 0.417. The number of anilines is 2. The zero-order valence-electron chi connectivity index (χ0n) is 10.0. The van der Waals surface area contributed by atoms with E-state index in [2.05, 4.69) is 10.6 Å². The highest BCUT2D eigenvalue weighted by atomic mass is 16.1. The van der Waals surface area contributed by atoms with Crippen LogP contribution in [0, 0.1) is 6.92 Å². The van der Waals surface area contributed by atoms with Gasteiger partial charge in [-0.1, -0.05) is 6.07 Å². The number of benzene rings is 1. The van der Waals surface area contributed by atoms with Gasteiger partial charge in [0.25, 0.3) is 0 Å². The second-order valence-electron chi connectivity index (χ2n) is 4.10. The van der Waals surface area contributed by atoms with Crippen LogP contribution in [0.15, 0.2) is 18.2 Å². The first-order valence-corrected chi connectivity index (χ1v) is 5.39. The van der Waals surface area contributed by atoms with Gasteiger partial charge in [-0.15, -0.1) is 0 Å². The summed E-state index contributed by atoms with van der Waals surface area (Å²) in [5.41, 5.74) is 8.37. The Kier molecular flexibility index (Phi) is 4.17. The molecule has 0 bridgehead atoms. The number of nitrogen functional groups attached to an aromatic ring is 1. The fourth-order valence-corrected chi connectivity index (χ4v) is 1.39. The van der Waals surface area contributed by atoms with Crippen molar-refractivity contribution < 1.29 is 4.79 Å². The van der Waals surface area contributed by atoms with Gasteiger partial charge in [0.05, 0.1) is 6.54 Å². The summed E-state index contributed by atoms with van der Waals surface area (Å²) in [6.45, 7) is 6.06. The molecule has 16 heavy (non-hydrogen) atoms. The van der Waals surface area contributed by atoms with Gasteiger partial charge >= 0.3 is 0 Å². The molecule has 0 radical (unpaired) electrons. The molecule has 0 aliphatic rings. The maximum Gasteiger partial charge on any atom is 0.239 e. The molecular weight excluding hydrogens is 202 g/mol. The van der Waals surface area contributed by atoms with E-state index in [0.29, 0.717) is 0 Å². The van der Waals surface area contributed by atoms with E-state index in [0.717, 1.165) is 16.9 Å². The first kappa shape index (κ1) is 12.4. The molecule has 0 heterocycles. The highest BCUT2D eigenvalue weighted by Gasteiger charge is 2.05. The monoisotopic (exact) mass is 221 g/mol. The summed E-state index contributed by atoms with van der Waals surface area (Å²) in [5.74, 6) is -0.0168. The molecule has 0 aliphatic carbocycles. The molecule has 1 amide bonds. The minimum absolute atomic E-state index is 0.0168. The molecule has 0 aliphatic heterocycles. The van der Waals surface area contributed by atoms with Crippen molar-refractivity contribution in [2.24, 2.45) is 0 Å². The summed E-state index contributed by atoms with van der Waals surface area (Å²) in [6.07, 6.45) is 0. The van der Waals surface area contributed by atoms with Gasteiger partial charge in [0.2, 0.25) is 5.91 Å². The lowest BCUT2D eigenvalue weighted by atomic mass is 10.1. The molecular formula is C12H19N3O. The standard InChI is InChI=1S/C12H19N3O/c1-8(2)15-12(16)7-14-11-6-4-5-10(13)9(11)3/h4-6,8,14H,7,13H2,1-3H3,(H,15,16). The van der Waals surface area contributed by atoms with Crippen molar-refractivity contribution in [1.82, 2.24) is 5.32 Å². The predicted molar refractivity (Wildman–Crippen MR) is 67.4 cm³/mol. The van der Waals surface area contributed by atoms with Crippen LogP contribution in [0.5, 0.6) is 0 Å². The Morgan fingerprint density at radius 1 is 1.44 bits per heavy atom. The third-order valence-electron chi connectivity index (χ3n) is 2.26. The Bertz CT molecular complexity index is 375. The first-order valence-electron chi connectivity index (χ1n) is 5.39. The average molecular weight is 221 g/mol. The zero-order valence-corrected chi connectivity index (χ0v) is 10.0. The summed E-state index contributed by atoms with van der Waals surface area (Å²) in [5, 5.41) is 5.88. The minimum atomic E-state index is -0.0168. The number of nitrogens with two attached hydrogens (primary N) is 1. The fourth-order valence-electron chi connectivity index (χ4n) is 1.39. The lowest BCUT2D eigenvalue weighted by Crippen LogP contribution is -2.34. The van der Waals surface area contributed by atoms with Crippen LogP contribution in [0.25, 0.3) is 0 Å². The van der Waals surface area contributed by atoms with Gasteiger partial charge in [-0.3, -0.25) is 4.79 Å². The van der Waals surface area contributed by atoms with Crippen molar-refractivity contribution in [3.05, 3.63) is 23.8 Å². The molecule has 4 heteroatoms. The number of hydrogen-bond acceptors (Lipinski definition) is 3. The van der Waals surface area contributed by atoms with Crippen LogP contribution in [0.3, 0.4) is 0 Å². The van der Waals surface area contributed by atoms with Gasteiger partial charge < -0.3 is 16.4 Å². The summed E-state index contributed by atoms with van der Waals surface area (Å²) in [4.78, 5) is 11.4. The van der Waals surface area contributed by atoms with Gasteiger partial charge in [0.15, 0.2) is 0 Å². The molecule has 1 rings (SSSR count). The Morgan fingerprint density at radius 2 is 2.12 bits per heavy atom. The lowest BCUT2D eigenvalue weighted by molar-refractivity contribution is -0.119. The SMILES string of the molecule is Cc1c(N)cccc1NCC(=O)NC(C)C. The number of rotatable bonds is 4. The maximum absolute atomic E-state index is 11.4. The highest BCUT2D eigenvalue weighted by molar-refractivity contribution is 5.81. The van der Waals surface area contributed by atoms with Crippen molar-refractivity contribution in [2.75, 3.05) is 17.6 Å². The van der Waals surface area contributed by atoms with Crippen LogP contribution < -0.4 is 16.4 Å². The van der Waals surface area contributed by atoms with E-state index >= 15 is 0 Å². The average Bonchev–Trinajstić information content (AvgIpc) is 2.19.